The molecule has 16 heavy (non-hydrogen) atoms. The lowest BCUT2D eigenvalue weighted by atomic mass is 9.78. The van der Waals surface area contributed by atoms with Gasteiger partial charge in [0.2, 0.25) is 0 Å². The van der Waals surface area contributed by atoms with E-state index in [0.29, 0.717) is 28.6 Å². The average Bonchev–Trinajstić information content (AvgIpc) is 2.70. The summed E-state index contributed by atoms with van der Waals surface area (Å²) >= 11 is 0. The molecule has 0 aliphatic rings. The number of fused-ring (bicyclic) bond motifs is 1. The van der Waals surface area contributed by atoms with Gasteiger partial charge in [0.1, 0.15) is 0 Å². The average molecular weight is 215 g/mol. The van der Waals surface area contributed by atoms with Crippen LogP contribution in [0.4, 0.5) is 0 Å². The third-order valence-electron chi connectivity index (χ3n) is 2.49. The molecule has 1 heterocycles. The first-order chi connectivity index (χ1) is 7.67. The Kier molecular flexibility index (Phi) is 2.65. The second kappa shape index (κ2) is 3.97. The summed E-state index contributed by atoms with van der Waals surface area (Å²) in [5, 5.41) is 27.4. The van der Waals surface area contributed by atoms with E-state index in [-0.39, 0.29) is 0 Å². The van der Waals surface area contributed by atoms with Gasteiger partial charge in [-0.15, -0.1) is 0 Å². The number of nitrogens with zero attached hydrogens (tertiary/aromatic N) is 3. The number of hydrogen-bond acceptors (Lipinski definition) is 4. The quantitative estimate of drug-likeness (QED) is 0.668. The van der Waals surface area contributed by atoms with Crippen LogP contribution < -0.4 is 5.46 Å². The maximum absolute atomic E-state index is 9.29. The summed E-state index contributed by atoms with van der Waals surface area (Å²) in [5.74, 6) is 0. The Morgan fingerprint density at radius 3 is 2.81 bits per heavy atom. The monoisotopic (exact) mass is 215 g/mol. The Labute approximate surface area is 92.7 Å². The number of nitriles is 1. The van der Waals surface area contributed by atoms with E-state index >= 15 is 0 Å². The minimum absolute atomic E-state index is 0.313. The molecule has 80 valence electrons. The molecule has 0 amide bonds. The van der Waals surface area contributed by atoms with Crippen LogP contribution in [0.1, 0.15) is 12.5 Å². The summed E-state index contributed by atoms with van der Waals surface area (Å²) in [6.07, 6.45) is 1.62. The summed E-state index contributed by atoms with van der Waals surface area (Å²) in [6.45, 7) is 2.62. The van der Waals surface area contributed by atoms with E-state index in [4.69, 9.17) is 5.26 Å². The van der Waals surface area contributed by atoms with Crippen LogP contribution >= 0.6 is 0 Å². The summed E-state index contributed by atoms with van der Waals surface area (Å²) in [4.78, 5) is 4.13. The molecule has 0 spiro atoms. The Morgan fingerprint density at radius 1 is 1.50 bits per heavy atom. The van der Waals surface area contributed by atoms with E-state index in [1.165, 1.54) is 6.07 Å². The molecule has 2 aromatic rings. The van der Waals surface area contributed by atoms with Crippen LogP contribution in [0.3, 0.4) is 0 Å². The lowest BCUT2D eigenvalue weighted by Crippen LogP contribution is -2.32. The maximum Gasteiger partial charge on any atom is 0.490 e. The summed E-state index contributed by atoms with van der Waals surface area (Å²) in [6, 6.07) is 5.08. The van der Waals surface area contributed by atoms with Gasteiger partial charge in [-0.3, -0.25) is 0 Å². The van der Waals surface area contributed by atoms with Gasteiger partial charge in [0.05, 0.1) is 29.0 Å². The van der Waals surface area contributed by atoms with Crippen LogP contribution in [0.25, 0.3) is 11.0 Å². The second-order valence-corrected chi connectivity index (χ2v) is 3.45. The van der Waals surface area contributed by atoms with Crippen LogP contribution in [0, 0.1) is 11.3 Å². The van der Waals surface area contributed by atoms with Gasteiger partial charge in [-0.2, -0.15) is 5.26 Å². The summed E-state index contributed by atoms with van der Waals surface area (Å²) in [7, 11) is -1.60. The molecule has 0 bridgehead atoms. The van der Waals surface area contributed by atoms with E-state index in [2.05, 4.69) is 4.98 Å². The Hall–Kier alpha value is -1.84. The van der Waals surface area contributed by atoms with Gasteiger partial charge in [-0.1, -0.05) is 0 Å². The molecule has 0 unspecified atom stereocenters. The zero-order chi connectivity index (χ0) is 11.7. The Morgan fingerprint density at radius 2 is 2.25 bits per heavy atom. The lowest BCUT2D eigenvalue weighted by Gasteiger charge is -2.06. The molecule has 0 saturated carbocycles. The number of rotatable bonds is 2. The predicted molar refractivity (Wildman–Crippen MR) is 59.9 cm³/mol. The van der Waals surface area contributed by atoms with Gasteiger partial charge in [0.15, 0.2) is 0 Å². The van der Waals surface area contributed by atoms with Crippen molar-refractivity contribution in [2.75, 3.05) is 0 Å². The third kappa shape index (κ3) is 1.56. The van der Waals surface area contributed by atoms with Crippen molar-refractivity contribution in [1.82, 2.24) is 9.55 Å². The molecule has 0 atom stereocenters. The van der Waals surface area contributed by atoms with Crippen molar-refractivity contribution >= 4 is 23.6 Å². The van der Waals surface area contributed by atoms with Crippen molar-refractivity contribution in [1.29, 1.82) is 5.26 Å². The maximum atomic E-state index is 9.29. The van der Waals surface area contributed by atoms with Crippen LogP contribution in [0.15, 0.2) is 18.5 Å². The molecule has 0 fully saturated rings. The largest absolute Gasteiger partial charge is 0.490 e. The van der Waals surface area contributed by atoms with Gasteiger partial charge in [0.25, 0.3) is 0 Å². The topological polar surface area (TPSA) is 82.1 Å². The standard InChI is InChI=1S/C10H10BN3O2/c1-2-14-6-13-9-4-7(5-12)3-8(10(9)14)11(15)16/h3-4,6,15-16H,2H2,1H3. The number of benzene rings is 1. The minimum Gasteiger partial charge on any atom is -0.423 e. The highest BCUT2D eigenvalue weighted by Gasteiger charge is 2.19. The fourth-order valence-corrected chi connectivity index (χ4v) is 1.74. The fraction of sp³-hybridized carbons (Fsp3) is 0.200. The molecule has 1 aromatic heterocycles. The zero-order valence-electron chi connectivity index (χ0n) is 8.75. The number of aromatic nitrogens is 2. The van der Waals surface area contributed by atoms with Crippen molar-refractivity contribution in [2.24, 2.45) is 0 Å². The molecular formula is C10H10BN3O2. The van der Waals surface area contributed by atoms with Gasteiger partial charge in [-0.25, -0.2) is 4.98 Å². The Balaban J connectivity index is 2.81. The zero-order valence-corrected chi connectivity index (χ0v) is 8.75. The highest BCUT2D eigenvalue weighted by molar-refractivity contribution is 6.61. The van der Waals surface area contributed by atoms with Crippen LogP contribution in [-0.2, 0) is 6.54 Å². The lowest BCUT2D eigenvalue weighted by molar-refractivity contribution is 0.426. The van der Waals surface area contributed by atoms with Crippen molar-refractivity contribution in [2.45, 2.75) is 13.5 Å². The summed E-state index contributed by atoms with van der Waals surface area (Å²) in [5.41, 5.74) is 1.95. The van der Waals surface area contributed by atoms with Gasteiger partial charge in [0, 0.05) is 12.0 Å². The molecule has 2 N–H and O–H groups in total. The number of hydrogen-bond donors (Lipinski definition) is 2. The van der Waals surface area contributed by atoms with Gasteiger partial charge < -0.3 is 14.6 Å². The van der Waals surface area contributed by atoms with Crippen molar-refractivity contribution in [3.05, 3.63) is 24.0 Å². The first kappa shape index (κ1) is 10.7. The third-order valence-corrected chi connectivity index (χ3v) is 2.49. The normalized spacial score (nSPS) is 10.4. The van der Waals surface area contributed by atoms with E-state index in [0.717, 1.165) is 0 Å². The van der Waals surface area contributed by atoms with Crippen molar-refractivity contribution in [3.8, 4) is 6.07 Å². The Bertz CT molecular complexity index is 571. The van der Waals surface area contributed by atoms with E-state index in [1.54, 1.807) is 12.4 Å². The second-order valence-electron chi connectivity index (χ2n) is 3.45. The fourth-order valence-electron chi connectivity index (χ4n) is 1.74. The molecule has 1 aromatic carbocycles. The highest BCUT2D eigenvalue weighted by Crippen LogP contribution is 2.13. The minimum atomic E-state index is -1.60. The molecule has 0 aliphatic heterocycles. The smallest absolute Gasteiger partial charge is 0.423 e. The van der Waals surface area contributed by atoms with E-state index in [1.807, 2.05) is 17.6 Å². The highest BCUT2D eigenvalue weighted by atomic mass is 16.4. The van der Waals surface area contributed by atoms with Gasteiger partial charge in [-0.05, 0) is 19.1 Å². The molecule has 2 rings (SSSR count). The molecule has 6 heteroatoms. The molecular weight excluding hydrogens is 205 g/mol. The predicted octanol–water partition coefficient (Wildman–Crippen LogP) is -0.392. The van der Waals surface area contributed by atoms with Crippen molar-refractivity contribution < 1.29 is 10.0 Å². The number of aryl methyl sites for hydroxylation is 1. The van der Waals surface area contributed by atoms with Crippen molar-refractivity contribution in [3.63, 3.8) is 0 Å². The van der Waals surface area contributed by atoms with Crippen LogP contribution in [-0.4, -0.2) is 26.7 Å². The molecule has 0 saturated heterocycles. The van der Waals surface area contributed by atoms with Crippen LogP contribution in [0.2, 0.25) is 0 Å². The molecule has 5 nitrogen and oxygen atoms in total. The number of imidazole rings is 1. The van der Waals surface area contributed by atoms with E-state index < -0.39 is 7.12 Å². The molecule has 0 aliphatic carbocycles. The summed E-state index contributed by atoms with van der Waals surface area (Å²) < 4.78 is 1.81. The first-order valence-corrected chi connectivity index (χ1v) is 4.92. The van der Waals surface area contributed by atoms with Crippen LogP contribution in [0.5, 0.6) is 0 Å². The SMILES string of the molecule is CCn1cnc2cc(C#N)cc(B(O)O)c21. The van der Waals surface area contributed by atoms with Gasteiger partial charge >= 0.3 is 7.12 Å². The van der Waals surface area contributed by atoms with E-state index in [9.17, 15) is 10.0 Å². The first-order valence-electron chi connectivity index (χ1n) is 4.92. The molecule has 0 radical (unpaired) electrons.